The molecule has 0 aliphatic rings. The van der Waals surface area contributed by atoms with Gasteiger partial charge in [0.1, 0.15) is 22.2 Å². The number of ether oxygens (including phenoxy) is 2. The number of halogens is 2. The number of benzene rings is 4. The molecule has 0 unspecified atom stereocenters. The Bertz CT molecular complexity index is 2290. The highest BCUT2D eigenvalue weighted by molar-refractivity contribution is 7.22. The van der Waals surface area contributed by atoms with E-state index in [1.165, 1.54) is 36.2 Å². The predicted molar refractivity (Wildman–Crippen MR) is 196 cm³/mol. The van der Waals surface area contributed by atoms with Crippen molar-refractivity contribution in [2.75, 3.05) is 33.4 Å². The fourth-order valence-electron chi connectivity index (χ4n) is 5.85. The summed E-state index contributed by atoms with van der Waals surface area (Å²) in [6.45, 7) is 0.360. The molecular weight excluding hydrogens is 693 g/mol. The summed E-state index contributed by atoms with van der Waals surface area (Å²) in [5.74, 6) is -1.19. The Morgan fingerprint density at radius 1 is 0.846 bits per heavy atom. The molecule has 52 heavy (non-hydrogen) atoms. The molecule has 14 heteroatoms. The molecule has 0 spiro atoms. The lowest BCUT2D eigenvalue weighted by molar-refractivity contribution is 0.0511. The molecule has 0 radical (unpaired) electrons. The number of methoxy groups -OCH3 is 1. The van der Waals surface area contributed by atoms with Crippen LogP contribution in [0, 0.1) is 11.6 Å². The third-order valence-corrected chi connectivity index (χ3v) is 9.52. The Kier molecular flexibility index (Phi) is 11.2. The summed E-state index contributed by atoms with van der Waals surface area (Å²) in [7, 11) is 4.73. The van der Waals surface area contributed by atoms with Crippen LogP contribution in [0.4, 0.5) is 19.3 Å². The molecule has 6 aromatic rings. The van der Waals surface area contributed by atoms with Gasteiger partial charge in [-0.1, -0.05) is 48.5 Å². The molecule has 0 atom stereocenters. The van der Waals surface area contributed by atoms with Gasteiger partial charge in [0, 0.05) is 36.3 Å². The minimum absolute atomic E-state index is 0.00119. The average Bonchev–Trinajstić information content (AvgIpc) is 3.50. The zero-order chi connectivity index (χ0) is 36.8. The number of amides is 2. The first-order valence-electron chi connectivity index (χ1n) is 16.1. The Labute approximate surface area is 301 Å². The van der Waals surface area contributed by atoms with Gasteiger partial charge in [0.05, 0.1) is 24.7 Å². The molecule has 0 aliphatic carbocycles. The summed E-state index contributed by atoms with van der Waals surface area (Å²) < 4.78 is 43.0. The van der Waals surface area contributed by atoms with E-state index in [-0.39, 0.29) is 34.8 Å². The minimum Gasteiger partial charge on any atom is -0.468 e. The number of rotatable bonds is 13. The quantitative estimate of drug-likeness (QED) is 0.103. The largest absolute Gasteiger partial charge is 0.468 e. The number of nitrogens with zero attached hydrogens (tertiary/aromatic N) is 3. The lowest BCUT2D eigenvalue weighted by atomic mass is 10.1. The fourth-order valence-corrected chi connectivity index (χ4v) is 7.16. The number of hydrogen-bond acceptors (Lipinski definition) is 8. The van der Waals surface area contributed by atoms with Gasteiger partial charge < -0.3 is 14.8 Å². The van der Waals surface area contributed by atoms with Crippen LogP contribution in [0.25, 0.3) is 26.3 Å². The molecular formula is C38H35F2N5O6S. The normalized spacial score (nSPS) is 11.3. The summed E-state index contributed by atoms with van der Waals surface area (Å²) in [4.78, 5) is 48.7. The lowest BCUT2D eigenvalue weighted by Gasteiger charge is -2.18. The van der Waals surface area contributed by atoms with Gasteiger partial charge in [-0.05, 0) is 72.3 Å². The number of nitrogens with one attached hydrogen (secondary N) is 2. The van der Waals surface area contributed by atoms with Gasteiger partial charge in [-0.2, -0.15) is 0 Å². The van der Waals surface area contributed by atoms with Crippen molar-refractivity contribution in [3.05, 3.63) is 146 Å². The van der Waals surface area contributed by atoms with Crippen LogP contribution >= 0.6 is 11.3 Å². The van der Waals surface area contributed by atoms with Gasteiger partial charge in [0.2, 0.25) is 0 Å². The summed E-state index contributed by atoms with van der Waals surface area (Å²) >= 11 is 1.18. The SMILES string of the molecule is COCOc1ccc(-n2c(=O)c3c(CN(C)Cc4ccccc4)c(-c4ccc(NC(=O)NOC)cc4)sc3n(Cc3c(F)cccc3F)c2=O)cc1. The van der Waals surface area contributed by atoms with Gasteiger partial charge in [0.25, 0.3) is 5.56 Å². The van der Waals surface area contributed by atoms with E-state index >= 15 is 8.78 Å². The molecule has 6 rings (SSSR count). The van der Waals surface area contributed by atoms with Gasteiger partial charge in [-0.3, -0.25) is 19.1 Å². The van der Waals surface area contributed by atoms with E-state index in [4.69, 9.17) is 9.47 Å². The molecule has 4 aromatic carbocycles. The number of carbonyl (C=O) groups excluding carboxylic acids is 1. The highest BCUT2D eigenvalue weighted by Crippen LogP contribution is 2.39. The van der Waals surface area contributed by atoms with Crippen LogP contribution in [-0.2, 0) is 29.2 Å². The number of hydrogen-bond donors (Lipinski definition) is 2. The van der Waals surface area contributed by atoms with Crippen molar-refractivity contribution in [1.29, 1.82) is 0 Å². The zero-order valence-corrected chi connectivity index (χ0v) is 29.3. The first-order chi connectivity index (χ1) is 25.2. The first-order valence-corrected chi connectivity index (χ1v) is 16.9. The first kappa shape index (κ1) is 36.1. The molecule has 2 N–H and O–H groups in total. The molecule has 11 nitrogen and oxygen atoms in total. The monoisotopic (exact) mass is 727 g/mol. The van der Waals surface area contributed by atoms with Crippen LogP contribution in [0.2, 0.25) is 0 Å². The molecule has 2 heterocycles. The van der Waals surface area contributed by atoms with Crippen molar-refractivity contribution in [2.45, 2.75) is 19.6 Å². The Morgan fingerprint density at radius 2 is 1.54 bits per heavy atom. The van der Waals surface area contributed by atoms with E-state index in [0.717, 1.165) is 22.3 Å². The summed E-state index contributed by atoms with van der Waals surface area (Å²) in [5, 5.41) is 2.89. The van der Waals surface area contributed by atoms with Crippen molar-refractivity contribution in [3.63, 3.8) is 0 Å². The van der Waals surface area contributed by atoms with Gasteiger partial charge in [-0.15, -0.1) is 11.3 Å². The number of urea groups is 1. The van der Waals surface area contributed by atoms with E-state index in [1.807, 2.05) is 42.3 Å². The van der Waals surface area contributed by atoms with Crippen LogP contribution in [0.15, 0.2) is 107 Å². The number of thiophene rings is 1. The maximum absolute atomic E-state index is 15.1. The van der Waals surface area contributed by atoms with Crippen molar-refractivity contribution in [2.24, 2.45) is 0 Å². The number of aromatic nitrogens is 2. The van der Waals surface area contributed by atoms with E-state index in [0.29, 0.717) is 34.0 Å². The second-order valence-electron chi connectivity index (χ2n) is 11.8. The van der Waals surface area contributed by atoms with Gasteiger partial charge in [0.15, 0.2) is 6.79 Å². The smallest absolute Gasteiger partial charge is 0.343 e. The minimum atomic E-state index is -0.822. The zero-order valence-electron chi connectivity index (χ0n) is 28.5. The molecule has 2 amide bonds. The Balaban J connectivity index is 1.58. The maximum atomic E-state index is 15.1. The number of fused-ring (bicyclic) bond motifs is 1. The molecule has 0 bridgehead atoms. The standard InChI is InChI=1S/C38H35F2N5O6S/c1-43(20-24-8-5-4-6-9-24)21-30-33-35(46)45(27-16-18-28(19-17-27)51-23-49-2)38(48)44(22-29-31(39)10-7-11-32(29)40)36(33)52-34(30)25-12-14-26(15-13-25)41-37(47)42-50-3/h4-19H,20-23H2,1-3H3,(H2,41,42,47). The summed E-state index contributed by atoms with van der Waals surface area (Å²) in [5.41, 5.74) is 3.61. The van der Waals surface area contributed by atoms with Crippen LogP contribution < -0.4 is 26.8 Å². The van der Waals surface area contributed by atoms with Crippen LogP contribution in [0.1, 0.15) is 16.7 Å². The second-order valence-corrected chi connectivity index (χ2v) is 12.8. The lowest BCUT2D eigenvalue weighted by Crippen LogP contribution is -2.39. The van der Waals surface area contributed by atoms with Crippen LogP contribution in [0.3, 0.4) is 0 Å². The van der Waals surface area contributed by atoms with Crippen molar-refractivity contribution >= 4 is 33.3 Å². The second kappa shape index (κ2) is 16.1. The third-order valence-electron chi connectivity index (χ3n) is 8.21. The highest BCUT2D eigenvalue weighted by Gasteiger charge is 2.26. The Morgan fingerprint density at radius 3 is 2.19 bits per heavy atom. The van der Waals surface area contributed by atoms with E-state index in [1.54, 1.807) is 48.5 Å². The highest BCUT2D eigenvalue weighted by atomic mass is 32.1. The molecule has 0 fully saturated rings. The summed E-state index contributed by atoms with van der Waals surface area (Å²) in [6.07, 6.45) is 0. The van der Waals surface area contributed by atoms with Crippen LogP contribution in [-0.4, -0.2) is 48.1 Å². The third kappa shape index (κ3) is 7.80. The number of anilines is 1. The van der Waals surface area contributed by atoms with Crippen molar-refractivity contribution in [3.8, 4) is 21.9 Å². The van der Waals surface area contributed by atoms with Gasteiger partial charge in [-0.25, -0.2) is 28.4 Å². The molecule has 2 aromatic heterocycles. The number of carbonyl (C=O) groups is 1. The molecule has 0 saturated heterocycles. The fraction of sp³-hybridized carbons (Fsp3) is 0.184. The molecule has 0 aliphatic heterocycles. The average molecular weight is 728 g/mol. The van der Waals surface area contributed by atoms with E-state index in [2.05, 4.69) is 15.6 Å². The summed E-state index contributed by atoms with van der Waals surface area (Å²) in [6, 6.07) is 26.0. The topological polar surface area (TPSA) is 116 Å². The van der Waals surface area contributed by atoms with Gasteiger partial charge >= 0.3 is 11.7 Å². The van der Waals surface area contributed by atoms with Crippen molar-refractivity contribution in [1.82, 2.24) is 19.5 Å². The van der Waals surface area contributed by atoms with Crippen LogP contribution in [0.5, 0.6) is 5.75 Å². The van der Waals surface area contributed by atoms with E-state index in [9.17, 15) is 14.4 Å². The maximum Gasteiger partial charge on any atom is 0.343 e. The molecule has 0 saturated carbocycles. The Hall–Kier alpha value is -5.67. The number of hydroxylamine groups is 1. The van der Waals surface area contributed by atoms with Crippen molar-refractivity contribution < 1.29 is 27.9 Å². The predicted octanol–water partition coefficient (Wildman–Crippen LogP) is 6.51. The van der Waals surface area contributed by atoms with E-state index < -0.39 is 35.5 Å². The molecule has 268 valence electrons.